The van der Waals surface area contributed by atoms with E-state index < -0.39 is 22.8 Å². The molecular formula is C15H17NO6. The highest BCUT2D eigenvalue weighted by Crippen LogP contribution is 2.61. The molecule has 0 bridgehead atoms. The molecule has 2 aliphatic rings. The Balaban J connectivity index is 1.81. The number of aliphatic carboxylic acids is 2. The fourth-order valence-corrected chi connectivity index (χ4v) is 3.67. The number of fused-ring (bicyclic) bond motifs is 1. The van der Waals surface area contributed by atoms with E-state index in [1.54, 1.807) is 19.1 Å². The summed E-state index contributed by atoms with van der Waals surface area (Å²) in [5.74, 6) is -1.38. The van der Waals surface area contributed by atoms with Gasteiger partial charge in [0.1, 0.15) is 22.4 Å². The lowest BCUT2D eigenvalue weighted by molar-refractivity contribution is -0.183. The van der Waals surface area contributed by atoms with Crippen LogP contribution in [0.15, 0.2) is 16.5 Å². The number of amides is 1. The van der Waals surface area contributed by atoms with Crippen LogP contribution in [0, 0.1) is 17.8 Å². The summed E-state index contributed by atoms with van der Waals surface area (Å²) in [7, 11) is 0. The molecule has 0 radical (unpaired) electrons. The smallest absolute Gasteiger partial charge is 0.312 e. The lowest BCUT2D eigenvalue weighted by Crippen LogP contribution is -2.59. The van der Waals surface area contributed by atoms with Crippen molar-refractivity contribution in [1.82, 2.24) is 4.90 Å². The standard InChI is InChI=1S/C15H17NO6/c1-9-2-3-10(22-9)6-11(17)16-7-14(12(18)19)4-5-15(14,8-16)13(20)21/h2-3H,4-8H2,1H3,(H,18,19)(H,20,21). The first-order valence-corrected chi connectivity index (χ1v) is 7.11. The number of carboxylic acid groups (broad SMARTS) is 2. The molecule has 1 saturated carbocycles. The Morgan fingerprint density at radius 2 is 1.68 bits per heavy atom. The molecule has 1 aromatic rings. The van der Waals surface area contributed by atoms with Gasteiger partial charge in [0.25, 0.3) is 0 Å². The number of aryl methyl sites for hydroxylation is 1. The summed E-state index contributed by atoms with van der Waals surface area (Å²) in [5, 5.41) is 19.0. The van der Waals surface area contributed by atoms with Crippen LogP contribution in [0.25, 0.3) is 0 Å². The van der Waals surface area contributed by atoms with Crippen LogP contribution < -0.4 is 0 Å². The van der Waals surface area contributed by atoms with Gasteiger partial charge in [0.15, 0.2) is 0 Å². The zero-order valence-corrected chi connectivity index (χ0v) is 12.2. The molecule has 1 aliphatic heterocycles. The van der Waals surface area contributed by atoms with Crippen molar-refractivity contribution in [3.63, 3.8) is 0 Å². The van der Waals surface area contributed by atoms with Gasteiger partial charge in [-0.1, -0.05) is 0 Å². The van der Waals surface area contributed by atoms with E-state index in [-0.39, 0.29) is 38.3 Å². The summed E-state index contributed by atoms with van der Waals surface area (Å²) in [4.78, 5) is 36.9. The number of hydrogen-bond acceptors (Lipinski definition) is 4. The van der Waals surface area contributed by atoms with Crippen molar-refractivity contribution >= 4 is 17.8 Å². The third-order valence-electron chi connectivity index (χ3n) is 5.11. The van der Waals surface area contributed by atoms with Crippen molar-refractivity contribution < 1.29 is 29.0 Å². The van der Waals surface area contributed by atoms with Crippen molar-refractivity contribution in [2.75, 3.05) is 13.1 Å². The molecule has 1 saturated heterocycles. The van der Waals surface area contributed by atoms with Crippen molar-refractivity contribution in [2.24, 2.45) is 10.8 Å². The number of carbonyl (C=O) groups is 3. The highest BCUT2D eigenvalue weighted by atomic mass is 16.4. The van der Waals surface area contributed by atoms with E-state index in [2.05, 4.69) is 0 Å². The van der Waals surface area contributed by atoms with Gasteiger partial charge in [0.05, 0.1) is 6.42 Å². The van der Waals surface area contributed by atoms with E-state index in [1.807, 2.05) is 0 Å². The first-order valence-electron chi connectivity index (χ1n) is 7.11. The van der Waals surface area contributed by atoms with Gasteiger partial charge in [-0.2, -0.15) is 0 Å². The quantitative estimate of drug-likeness (QED) is 0.856. The highest BCUT2D eigenvalue weighted by molar-refractivity contribution is 5.92. The summed E-state index contributed by atoms with van der Waals surface area (Å²) < 4.78 is 5.35. The Morgan fingerprint density at radius 3 is 2.05 bits per heavy atom. The van der Waals surface area contributed by atoms with Gasteiger partial charge in [0.2, 0.25) is 5.91 Å². The van der Waals surface area contributed by atoms with Crippen molar-refractivity contribution in [3.05, 3.63) is 23.7 Å². The predicted molar refractivity (Wildman–Crippen MR) is 73.1 cm³/mol. The number of carbonyl (C=O) groups excluding carboxylic acids is 1. The Kier molecular flexibility index (Phi) is 3.05. The summed E-state index contributed by atoms with van der Waals surface area (Å²) in [6.45, 7) is 1.67. The lowest BCUT2D eigenvalue weighted by Gasteiger charge is -2.47. The largest absolute Gasteiger partial charge is 0.481 e. The minimum absolute atomic E-state index is 0.0131. The molecule has 7 heteroatoms. The number of furan rings is 1. The van der Waals surface area contributed by atoms with Gasteiger partial charge in [-0.25, -0.2) is 0 Å². The van der Waals surface area contributed by atoms with E-state index in [0.717, 1.165) is 0 Å². The van der Waals surface area contributed by atoms with Crippen molar-refractivity contribution in [1.29, 1.82) is 0 Å². The number of hydrogen-bond donors (Lipinski definition) is 2. The maximum Gasteiger partial charge on any atom is 0.312 e. The van der Waals surface area contributed by atoms with Gasteiger partial charge in [0, 0.05) is 13.1 Å². The molecule has 1 aromatic heterocycles. The monoisotopic (exact) mass is 307 g/mol. The average Bonchev–Trinajstić information content (AvgIpc) is 2.91. The minimum Gasteiger partial charge on any atom is -0.481 e. The van der Waals surface area contributed by atoms with Crippen LogP contribution in [0.2, 0.25) is 0 Å². The molecule has 0 spiro atoms. The molecule has 118 valence electrons. The highest BCUT2D eigenvalue weighted by Gasteiger charge is 2.73. The summed E-state index contributed by atoms with van der Waals surface area (Å²) in [6, 6.07) is 3.44. The van der Waals surface area contributed by atoms with Crippen LogP contribution in [-0.4, -0.2) is 46.0 Å². The van der Waals surface area contributed by atoms with Crippen molar-refractivity contribution in [3.8, 4) is 0 Å². The van der Waals surface area contributed by atoms with Crippen molar-refractivity contribution in [2.45, 2.75) is 26.2 Å². The third kappa shape index (κ3) is 1.77. The molecule has 2 unspecified atom stereocenters. The van der Waals surface area contributed by atoms with E-state index in [4.69, 9.17) is 4.42 Å². The van der Waals surface area contributed by atoms with Crippen LogP contribution >= 0.6 is 0 Å². The lowest BCUT2D eigenvalue weighted by atomic mass is 9.51. The molecule has 1 amide bonds. The maximum atomic E-state index is 12.4. The number of carboxylic acids is 2. The summed E-state index contributed by atoms with van der Waals surface area (Å²) >= 11 is 0. The van der Waals surface area contributed by atoms with E-state index in [0.29, 0.717) is 11.5 Å². The Morgan fingerprint density at radius 1 is 1.14 bits per heavy atom. The van der Waals surface area contributed by atoms with Crippen LogP contribution in [0.3, 0.4) is 0 Å². The molecule has 22 heavy (non-hydrogen) atoms. The topological polar surface area (TPSA) is 108 Å². The van der Waals surface area contributed by atoms with Gasteiger partial charge >= 0.3 is 11.9 Å². The second kappa shape index (κ2) is 4.59. The van der Waals surface area contributed by atoms with E-state index >= 15 is 0 Å². The number of likely N-dealkylation sites (tertiary alicyclic amines) is 1. The van der Waals surface area contributed by atoms with Gasteiger partial charge in [-0.05, 0) is 31.9 Å². The maximum absolute atomic E-state index is 12.4. The fourth-order valence-electron chi connectivity index (χ4n) is 3.67. The Bertz CT molecular complexity index is 635. The van der Waals surface area contributed by atoms with Gasteiger partial charge in [-0.3, -0.25) is 14.4 Å². The van der Waals surface area contributed by atoms with Crippen LogP contribution in [-0.2, 0) is 20.8 Å². The van der Waals surface area contributed by atoms with Crippen LogP contribution in [0.5, 0.6) is 0 Å². The minimum atomic E-state index is -1.35. The number of nitrogens with zero attached hydrogens (tertiary/aromatic N) is 1. The molecular weight excluding hydrogens is 290 g/mol. The Labute approximate surface area is 126 Å². The van der Waals surface area contributed by atoms with Crippen LogP contribution in [0.4, 0.5) is 0 Å². The molecule has 1 aliphatic carbocycles. The molecule has 2 atom stereocenters. The fraction of sp³-hybridized carbons (Fsp3) is 0.533. The second-order valence-electron chi connectivity index (χ2n) is 6.21. The predicted octanol–water partition coefficient (Wildman–Crippen LogP) is 0.909. The molecule has 0 aromatic carbocycles. The zero-order chi connectivity index (χ0) is 16.1. The zero-order valence-electron chi connectivity index (χ0n) is 12.2. The Hall–Kier alpha value is -2.31. The third-order valence-corrected chi connectivity index (χ3v) is 5.11. The molecule has 7 nitrogen and oxygen atoms in total. The molecule has 3 rings (SSSR count). The molecule has 2 heterocycles. The summed E-state index contributed by atoms with van der Waals surface area (Å²) in [5.41, 5.74) is -2.71. The number of rotatable bonds is 4. The van der Waals surface area contributed by atoms with Gasteiger partial charge in [-0.15, -0.1) is 0 Å². The first kappa shape index (κ1) is 14.6. The second-order valence-corrected chi connectivity index (χ2v) is 6.21. The average molecular weight is 307 g/mol. The summed E-state index contributed by atoms with van der Waals surface area (Å²) in [6.07, 6.45) is 0.593. The van der Waals surface area contributed by atoms with E-state index in [1.165, 1.54) is 4.90 Å². The molecule has 2 N–H and O–H groups in total. The normalized spacial score (nSPS) is 29.8. The SMILES string of the molecule is Cc1ccc(CC(=O)N2CC3(C(=O)O)CCC3(C(=O)O)C2)o1. The van der Waals surface area contributed by atoms with Crippen LogP contribution in [0.1, 0.15) is 24.4 Å². The van der Waals surface area contributed by atoms with E-state index in [9.17, 15) is 24.6 Å². The first-order chi connectivity index (χ1) is 10.3. The molecule has 2 fully saturated rings. The van der Waals surface area contributed by atoms with Gasteiger partial charge < -0.3 is 19.5 Å².